The van der Waals surface area contributed by atoms with Crippen LogP contribution in [0.1, 0.15) is 105 Å². The van der Waals surface area contributed by atoms with Crippen LogP contribution in [0.15, 0.2) is 108 Å². The van der Waals surface area contributed by atoms with E-state index in [4.69, 9.17) is 10.5 Å². The van der Waals surface area contributed by atoms with Gasteiger partial charge in [-0.25, -0.2) is 0 Å². The second-order valence-corrected chi connectivity index (χ2v) is 19.8. The molecule has 8 rings (SSSR count). The van der Waals surface area contributed by atoms with Crippen molar-refractivity contribution in [2.75, 3.05) is 33.4 Å². The van der Waals surface area contributed by atoms with E-state index in [1.165, 1.54) is 74.8 Å². The number of fused-ring (bicyclic) bond motifs is 2. The Hall–Kier alpha value is -4.80. The van der Waals surface area contributed by atoms with E-state index in [2.05, 4.69) is 76.6 Å². The Labute approximate surface area is 387 Å². The number of carbonyl (C=O) groups is 2. The molecule has 3 aromatic carbocycles. The molecule has 3 aliphatic heterocycles. The normalized spacial score (nSPS) is 24.9. The number of rotatable bonds is 20. The molecule has 3 heterocycles. The number of allylic oxidation sites excluding steroid dienone is 3. The molecule has 5 aliphatic rings. The molecule has 65 heavy (non-hydrogen) atoms. The van der Waals surface area contributed by atoms with E-state index in [9.17, 15) is 19.8 Å². The predicted molar refractivity (Wildman–Crippen MR) is 260 cm³/mol. The van der Waals surface area contributed by atoms with Crippen LogP contribution in [0.5, 0.6) is 11.5 Å². The minimum atomic E-state index is -0.416. The van der Waals surface area contributed by atoms with Crippen LogP contribution < -0.4 is 26.4 Å². The number of ether oxygens (including phenoxy) is 1. The van der Waals surface area contributed by atoms with Gasteiger partial charge < -0.3 is 36.6 Å². The predicted octanol–water partition coefficient (Wildman–Crippen LogP) is 8.47. The quantitative estimate of drug-likeness (QED) is 0.0374. The highest BCUT2D eigenvalue weighted by Crippen LogP contribution is 2.53. The molecule has 0 bridgehead atoms. The summed E-state index contributed by atoms with van der Waals surface area (Å²) in [6, 6.07) is 23.2. The minimum Gasteiger partial charge on any atom is -0.504 e. The molecular formula is C56H72N4O5. The second kappa shape index (κ2) is 22.1. The highest BCUT2D eigenvalue weighted by Gasteiger charge is 2.48. The molecule has 3 fully saturated rings. The van der Waals surface area contributed by atoms with Crippen molar-refractivity contribution in [3.8, 4) is 11.5 Å². The van der Waals surface area contributed by atoms with E-state index >= 15 is 0 Å². The molecule has 0 radical (unpaired) electrons. The van der Waals surface area contributed by atoms with E-state index in [1.807, 2.05) is 18.3 Å². The maximum atomic E-state index is 13.6. The molecular weight excluding hydrogens is 809 g/mol. The molecule has 0 amide bonds. The van der Waals surface area contributed by atoms with E-state index in [-0.39, 0.29) is 41.1 Å². The fourth-order valence-electron chi connectivity index (χ4n) is 12.3. The van der Waals surface area contributed by atoms with Crippen molar-refractivity contribution in [3.05, 3.63) is 136 Å². The van der Waals surface area contributed by atoms with Gasteiger partial charge in [0.25, 0.3) is 0 Å². The van der Waals surface area contributed by atoms with Gasteiger partial charge in [0.15, 0.2) is 17.3 Å². The van der Waals surface area contributed by atoms with E-state index in [0.29, 0.717) is 41.9 Å². The Morgan fingerprint density at radius 3 is 2.51 bits per heavy atom. The number of phenolic OH excluding ortho intramolecular Hbond substituents is 1. The van der Waals surface area contributed by atoms with E-state index in [0.717, 1.165) is 86.7 Å². The van der Waals surface area contributed by atoms with Crippen molar-refractivity contribution in [2.24, 2.45) is 34.8 Å². The largest absolute Gasteiger partial charge is 0.504 e. The van der Waals surface area contributed by atoms with Crippen LogP contribution in [0.25, 0.3) is 5.57 Å². The highest BCUT2D eigenvalue weighted by atomic mass is 16.5. The average molecular weight is 881 g/mol. The molecule has 1 unspecified atom stereocenters. The first kappa shape index (κ1) is 46.7. The van der Waals surface area contributed by atoms with Gasteiger partial charge in [0.05, 0.1) is 26.3 Å². The van der Waals surface area contributed by atoms with Gasteiger partial charge in [-0.05, 0) is 188 Å². The number of phenols is 1. The van der Waals surface area contributed by atoms with Crippen LogP contribution in [-0.4, -0.2) is 67.3 Å². The van der Waals surface area contributed by atoms with E-state index < -0.39 is 6.61 Å². The fraction of sp³-hybridized carbons (Fsp3) is 0.500. The Morgan fingerprint density at radius 2 is 1.72 bits per heavy atom. The van der Waals surface area contributed by atoms with Crippen LogP contribution in [0, 0.1) is 29.1 Å². The summed E-state index contributed by atoms with van der Waals surface area (Å²) in [5.74, 6) is 2.60. The molecule has 6 atom stereocenters. The van der Waals surface area contributed by atoms with Gasteiger partial charge in [-0.2, -0.15) is 0 Å². The summed E-state index contributed by atoms with van der Waals surface area (Å²) in [6.07, 6.45) is 24.6. The van der Waals surface area contributed by atoms with Gasteiger partial charge in [0.1, 0.15) is 5.78 Å². The zero-order chi connectivity index (χ0) is 45.2. The standard InChI is InChI=1S/C56H72N4O5/c1-65-53-33-50(43(30-52(53)64)28-44-36-60-54(57)31-41(44)19-18-40-13-7-12-39(26-40)17-16-38-10-3-2-4-11-38)46(37-61)29-48(63)32-47(62)15-8-23-56(21-5-6-22-56)34-51-49-20-25-58-35-45(49)27-42-14-9-24-59-55(42)51/h2-4,7,9-14,26,29-31,33,36,42,45,49,51,54-55,58-61,64H,5-6,8,15-25,27-28,32,34-35,37,57H2,1H3/b46-29+/t42-,45-,49-,51-,54?,55-/m0/s1. The van der Waals surface area contributed by atoms with Crippen LogP contribution in [0.2, 0.25) is 0 Å². The van der Waals surface area contributed by atoms with Crippen molar-refractivity contribution < 1.29 is 24.5 Å². The molecule has 0 spiro atoms. The number of aryl methyl sites for hydroxylation is 3. The fourth-order valence-corrected chi connectivity index (χ4v) is 12.3. The number of dihydropyridines is 1. The van der Waals surface area contributed by atoms with Gasteiger partial charge in [-0.1, -0.05) is 79.6 Å². The molecule has 2 aliphatic carbocycles. The SMILES string of the molecule is COc1cc(/C(=C/C(=O)CC(=O)CCCC2(C[C@H]3[C@H]4CCNC[C@@H]4C[C@@H]4C=CCN[C@H]34)CCCC2)CO)c(CC2=CNC(N)C=C2CCc2cccc(CCc3ccccc3)c2)cc1O. The van der Waals surface area contributed by atoms with E-state index in [1.54, 1.807) is 12.1 Å². The molecule has 346 valence electrons. The lowest BCUT2D eigenvalue weighted by Crippen LogP contribution is -2.56. The van der Waals surface area contributed by atoms with Gasteiger partial charge in [0.2, 0.25) is 0 Å². The zero-order valence-corrected chi connectivity index (χ0v) is 38.5. The molecule has 7 N–H and O–H groups in total. The number of aliphatic hydroxyl groups is 1. The number of nitrogens with one attached hydrogen (secondary N) is 3. The summed E-state index contributed by atoms with van der Waals surface area (Å²) in [4.78, 5) is 27.1. The number of piperidine rings is 1. The first-order valence-electron chi connectivity index (χ1n) is 24.6. The number of benzene rings is 3. The summed E-state index contributed by atoms with van der Waals surface area (Å²) < 4.78 is 5.50. The van der Waals surface area contributed by atoms with Crippen molar-refractivity contribution in [2.45, 2.75) is 115 Å². The Balaban J connectivity index is 0.901. The summed E-state index contributed by atoms with van der Waals surface area (Å²) in [7, 11) is 1.48. The maximum absolute atomic E-state index is 13.6. The third kappa shape index (κ3) is 12.0. The van der Waals surface area contributed by atoms with Crippen LogP contribution in [0.3, 0.4) is 0 Å². The number of hydrogen-bond acceptors (Lipinski definition) is 9. The topological polar surface area (TPSA) is 146 Å². The molecule has 1 saturated heterocycles. The Kier molecular flexibility index (Phi) is 15.9. The van der Waals surface area contributed by atoms with Gasteiger partial charge >= 0.3 is 0 Å². The third-order valence-electron chi connectivity index (χ3n) is 15.5. The van der Waals surface area contributed by atoms with Crippen molar-refractivity contribution >= 4 is 17.1 Å². The van der Waals surface area contributed by atoms with Crippen molar-refractivity contribution in [1.82, 2.24) is 16.0 Å². The minimum absolute atomic E-state index is 0.0327. The lowest BCUT2D eigenvalue weighted by molar-refractivity contribution is -0.124. The summed E-state index contributed by atoms with van der Waals surface area (Å²) in [6.45, 7) is 2.80. The number of aromatic hydroxyl groups is 1. The highest BCUT2D eigenvalue weighted by molar-refractivity contribution is 6.07. The van der Waals surface area contributed by atoms with Gasteiger partial charge in [-0.15, -0.1) is 0 Å². The number of ketones is 2. The lowest BCUT2D eigenvalue weighted by Gasteiger charge is -2.52. The van der Waals surface area contributed by atoms with Crippen LogP contribution in [-0.2, 0) is 35.3 Å². The molecule has 9 nitrogen and oxygen atoms in total. The Morgan fingerprint density at radius 1 is 0.954 bits per heavy atom. The summed E-state index contributed by atoms with van der Waals surface area (Å²) >= 11 is 0. The monoisotopic (exact) mass is 881 g/mol. The summed E-state index contributed by atoms with van der Waals surface area (Å²) in [5, 5.41) is 32.6. The number of hydrogen-bond donors (Lipinski definition) is 6. The number of carbonyl (C=O) groups excluding carboxylic acids is 2. The van der Waals surface area contributed by atoms with Crippen LogP contribution >= 0.6 is 0 Å². The number of nitrogens with two attached hydrogens (primary N) is 1. The number of aliphatic hydroxyl groups excluding tert-OH is 1. The smallest absolute Gasteiger partial charge is 0.163 e. The number of Topliss-reactive ketones (excluding diaryl/α,β-unsaturated/α-hetero) is 1. The third-order valence-corrected chi connectivity index (χ3v) is 15.5. The molecule has 3 aromatic rings. The van der Waals surface area contributed by atoms with Crippen molar-refractivity contribution in [3.63, 3.8) is 0 Å². The number of methoxy groups -OCH3 is 1. The van der Waals surface area contributed by atoms with Crippen molar-refractivity contribution in [1.29, 1.82) is 0 Å². The lowest BCUT2D eigenvalue weighted by atomic mass is 9.57. The van der Waals surface area contributed by atoms with Crippen LogP contribution in [0.4, 0.5) is 0 Å². The van der Waals surface area contributed by atoms with Gasteiger partial charge in [0, 0.05) is 25.2 Å². The first-order valence-corrected chi connectivity index (χ1v) is 24.6. The molecule has 0 aromatic heterocycles. The Bertz CT molecular complexity index is 2240. The average Bonchev–Trinajstić information content (AvgIpc) is 3.79. The van der Waals surface area contributed by atoms with Gasteiger partial charge in [-0.3, -0.25) is 9.59 Å². The maximum Gasteiger partial charge on any atom is 0.163 e. The summed E-state index contributed by atoms with van der Waals surface area (Å²) in [5.41, 5.74) is 14.3. The molecule has 2 saturated carbocycles. The first-order chi connectivity index (χ1) is 31.7. The second-order valence-electron chi connectivity index (χ2n) is 19.8. The molecule has 9 heteroatoms. The zero-order valence-electron chi connectivity index (χ0n) is 38.5.